The lowest BCUT2D eigenvalue weighted by Crippen LogP contribution is -2.36. The molecule has 0 bridgehead atoms. The Morgan fingerprint density at radius 2 is 2.24 bits per heavy atom. The normalized spacial score (nSPS) is 17.7. The summed E-state index contributed by atoms with van der Waals surface area (Å²) in [5.41, 5.74) is 0.477. The standard InChI is InChI=1S/C19H26N6/c1-23(2)10-5-12-24-13-9-21-19(24)16-6-4-11-25(15-16)18-8-3-7-17(14-20)22-18/h3,7-9,13,16H,4-6,10-12,15H2,1-2H3/t16-/m0/s1. The average Bonchev–Trinajstić information content (AvgIpc) is 3.10. The van der Waals surface area contributed by atoms with E-state index in [2.05, 4.69) is 50.7 Å². The quantitative estimate of drug-likeness (QED) is 0.810. The molecule has 0 aromatic carbocycles. The number of hydrogen-bond donors (Lipinski definition) is 0. The van der Waals surface area contributed by atoms with Gasteiger partial charge in [0, 0.05) is 37.9 Å². The Balaban J connectivity index is 1.69. The van der Waals surface area contributed by atoms with Crippen LogP contribution in [0.3, 0.4) is 0 Å². The molecular formula is C19H26N6. The second kappa shape index (κ2) is 8.13. The molecule has 1 fully saturated rings. The molecule has 2 aromatic rings. The molecule has 0 amide bonds. The van der Waals surface area contributed by atoms with E-state index in [0.717, 1.165) is 51.3 Å². The van der Waals surface area contributed by atoms with Crippen LogP contribution in [0.25, 0.3) is 0 Å². The minimum absolute atomic E-state index is 0.413. The van der Waals surface area contributed by atoms with Gasteiger partial charge in [-0.2, -0.15) is 5.26 Å². The molecule has 3 rings (SSSR count). The summed E-state index contributed by atoms with van der Waals surface area (Å²) in [4.78, 5) is 13.6. The molecule has 6 heteroatoms. The highest BCUT2D eigenvalue weighted by Crippen LogP contribution is 2.28. The summed E-state index contributed by atoms with van der Waals surface area (Å²) in [6.45, 7) is 3.98. The number of nitriles is 1. The maximum atomic E-state index is 9.07. The maximum Gasteiger partial charge on any atom is 0.142 e. The summed E-state index contributed by atoms with van der Waals surface area (Å²) in [6.07, 6.45) is 7.41. The molecule has 132 valence electrons. The Morgan fingerprint density at radius 1 is 1.36 bits per heavy atom. The molecule has 0 radical (unpaired) electrons. The van der Waals surface area contributed by atoms with Crippen LogP contribution in [0.5, 0.6) is 0 Å². The molecule has 1 aliphatic heterocycles. The first kappa shape index (κ1) is 17.4. The number of piperidine rings is 1. The third kappa shape index (κ3) is 4.37. The van der Waals surface area contributed by atoms with Crippen molar-refractivity contribution in [2.45, 2.75) is 31.7 Å². The number of rotatable bonds is 6. The summed E-state index contributed by atoms with van der Waals surface area (Å²) in [5, 5.41) is 9.07. The van der Waals surface area contributed by atoms with Gasteiger partial charge in [-0.05, 0) is 52.0 Å². The zero-order valence-corrected chi connectivity index (χ0v) is 15.1. The molecular weight excluding hydrogens is 312 g/mol. The van der Waals surface area contributed by atoms with Crippen molar-refractivity contribution in [3.05, 3.63) is 42.1 Å². The molecule has 6 nitrogen and oxygen atoms in total. The van der Waals surface area contributed by atoms with E-state index >= 15 is 0 Å². The van der Waals surface area contributed by atoms with Crippen LogP contribution in [0, 0.1) is 11.3 Å². The van der Waals surface area contributed by atoms with Gasteiger partial charge in [-0.3, -0.25) is 0 Å². The predicted octanol–water partition coefficient (Wildman–Crippen LogP) is 2.49. The molecule has 0 saturated carbocycles. The van der Waals surface area contributed by atoms with Crippen molar-refractivity contribution in [2.75, 3.05) is 38.6 Å². The second-order valence-corrected chi connectivity index (χ2v) is 6.91. The number of pyridine rings is 1. The monoisotopic (exact) mass is 338 g/mol. The lowest BCUT2D eigenvalue weighted by atomic mass is 9.97. The van der Waals surface area contributed by atoms with Gasteiger partial charge in [0.05, 0.1) is 0 Å². The van der Waals surface area contributed by atoms with E-state index < -0.39 is 0 Å². The van der Waals surface area contributed by atoms with E-state index in [-0.39, 0.29) is 0 Å². The SMILES string of the molecule is CN(C)CCCn1ccnc1[C@H]1CCCN(c2cccc(C#N)n2)C1. The third-order valence-corrected chi connectivity index (χ3v) is 4.71. The van der Waals surface area contributed by atoms with E-state index in [1.807, 2.05) is 18.3 Å². The van der Waals surface area contributed by atoms with Crippen molar-refractivity contribution < 1.29 is 0 Å². The molecule has 3 heterocycles. The smallest absolute Gasteiger partial charge is 0.142 e. The van der Waals surface area contributed by atoms with E-state index in [1.165, 1.54) is 5.82 Å². The van der Waals surface area contributed by atoms with Gasteiger partial charge in [0.25, 0.3) is 0 Å². The van der Waals surface area contributed by atoms with Gasteiger partial charge in [0.2, 0.25) is 0 Å². The number of aryl methyl sites for hydroxylation is 1. The Morgan fingerprint density at radius 3 is 3.04 bits per heavy atom. The molecule has 1 aliphatic rings. The van der Waals surface area contributed by atoms with Crippen molar-refractivity contribution in [2.24, 2.45) is 0 Å². The van der Waals surface area contributed by atoms with Crippen molar-refractivity contribution >= 4 is 5.82 Å². The van der Waals surface area contributed by atoms with Gasteiger partial charge < -0.3 is 14.4 Å². The number of imidazole rings is 1. The lowest BCUT2D eigenvalue weighted by Gasteiger charge is -2.33. The van der Waals surface area contributed by atoms with Crippen LogP contribution in [-0.2, 0) is 6.54 Å². The van der Waals surface area contributed by atoms with E-state index in [1.54, 1.807) is 6.07 Å². The van der Waals surface area contributed by atoms with E-state index in [9.17, 15) is 0 Å². The average molecular weight is 338 g/mol. The Labute approximate surface area is 149 Å². The number of anilines is 1. The minimum Gasteiger partial charge on any atom is -0.356 e. The minimum atomic E-state index is 0.413. The topological polar surface area (TPSA) is 61.0 Å². The summed E-state index contributed by atoms with van der Waals surface area (Å²) in [7, 11) is 4.21. The highest BCUT2D eigenvalue weighted by Gasteiger charge is 2.25. The first-order valence-corrected chi connectivity index (χ1v) is 8.95. The van der Waals surface area contributed by atoms with Gasteiger partial charge in [-0.25, -0.2) is 9.97 Å². The van der Waals surface area contributed by atoms with E-state index in [0.29, 0.717) is 11.6 Å². The van der Waals surface area contributed by atoms with Crippen LogP contribution < -0.4 is 4.90 Å². The Bertz CT molecular complexity index is 730. The summed E-state index contributed by atoms with van der Waals surface area (Å²) in [6, 6.07) is 7.78. The van der Waals surface area contributed by atoms with Crippen LogP contribution in [0.2, 0.25) is 0 Å². The van der Waals surface area contributed by atoms with Crippen LogP contribution >= 0.6 is 0 Å². The Hall–Kier alpha value is -2.39. The van der Waals surface area contributed by atoms with Crippen molar-refractivity contribution in [1.29, 1.82) is 5.26 Å². The second-order valence-electron chi connectivity index (χ2n) is 6.91. The van der Waals surface area contributed by atoms with E-state index in [4.69, 9.17) is 5.26 Å². The first-order valence-electron chi connectivity index (χ1n) is 8.95. The van der Waals surface area contributed by atoms with Crippen LogP contribution in [0.4, 0.5) is 5.82 Å². The highest BCUT2D eigenvalue weighted by atomic mass is 15.2. The Kier molecular flexibility index (Phi) is 5.67. The maximum absolute atomic E-state index is 9.07. The number of aromatic nitrogens is 3. The van der Waals surface area contributed by atoms with Crippen LogP contribution in [0.15, 0.2) is 30.6 Å². The highest BCUT2D eigenvalue weighted by molar-refractivity contribution is 5.42. The van der Waals surface area contributed by atoms with Crippen molar-refractivity contribution in [1.82, 2.24) is 19.4 Å². The van der Waals surface area contributed by atoms with Crippen LogP contribution in [0.1, 0.15) is 36.7 Å². The van der Waals surface area contributed by atoms with Gasteiger partial charge in [-0.1, -0.05) is 6.07 Å². The molecule has 25 heavy (non-hydrogen) atoms. The number of nitrogens with zero attached hydrogens (tertiary/aromatic N) is 6. The molecule has 1 saturated heterocycles. The van der Waals surface area contributed by atoms with Gasteiger partial charge >= 0.3 is 0 Å². The largest absolute Gasteiger partial charge is 0.356 e. The molecule has 0 unspecified atom stereocenters. The van der Waals surface area contributed by atoms with Gasteiger partial charge in [0.15, 0.2) is 0 Å². The lowest BCUT2D eigenvalue weighted by molar-refractivity contribution is 0.380. The zero-order chi connectivity index (χ0) is 17.6. The predicted molar refractivity (Wildman–Crippen MR) is 98.5 cm³/mol. The fraction of sp³-hybridized carbons (Fsp3) is 0.526. The van der Waals surface area contributed by atoms with Crippen molar-refractivity contribution in [3.8, 4) is 6.07 Å². The summed E-state index contributed by atoms with van der Waals surface area (Å²) >= 11 is 0. The van der Waals surface area contributed by atoms with Gasteiger partial charge in [0.1, 0.15) is 23.4 Å². The molecule has 2 aromatic heterocycles. The molecule has 1 atom stereocenters. The van der Waals surface area contributed by atoms with Crippen LogP contribution in [-0.4, -0.2) is 53.2 Å². The summed E-state index contributed by atoms with van der Waals surface area (Å²) in [5.74, 6) is 2.49. The number of hydrogen-bond acceptors (Lipinski definition) is 5. The van der Waals surface area contributed by atoms with Gasteiger partial charge in [-0.15, -0.1) is 0 Å². The molecule has 0 spiro atoms. The fourth-order valence-corrected chi connectivity index (χ4v) is 3.48. The third-order valence-electron chi connectivity index (χ3n) is 4.71. The molecule has 0 aliphatic carbocycles. The first-order chi connectivity index (χ1) is 12.2. The summed E-state index contributed by atoms with van der Waals surface area (Å²) < 4.78 is 2.30. The molecule has 0 N–H and O–H groups in total. The zero-order valence-electron chi connectivity index (χ0n) is 15.1. The fourth-order valence-electron chi connectivity index (χ4n) is 3.48. The van der Waals surface area contributed by atoms with Crippen molar-refractivity contribution in [3.63, 3.8) is 0 Å².